The Morgan fingerprint density at radius 2 is 0.968 bits per heavy atom. The average molecular weight is 489 g/mol. The zero-order valence-corrected chi connectivity index (χ0v) is 20.0. The minimum atomic E-state index is -2.67. The van der Waals surface area contributed by atoms with Gasteiger partial charge in [0.25, 0.3) is 0 Å². The molecule has 0 aromatic heterocycles. The minimum absolute atomic E-state index is 0.172. The van der Waals surface area contributed by atoms with E-state index in [-0.39, 0.29) is 50.5 Å². The fourth-order valence-corrected chi connectivity index (χ4v) is 6.32. The second-order valence-corrected chi connectivity index (χ2v) is 17.2. The summed E-state index contributed by atoms with van der Waals surface area (Å²) in [5, 5.41) is 87.9. The lowest BCUT2D eigenvalue weighted by Gasteiger charge is -2.34. The second-order valence-electron chi connectivity index (χ2n) is 8.33. The van der Waals surface area contributed by atoms with Crippen molar-refractivity contribution in [3.63, 3.8) is 0 Å². The molecule has 0 aromatic rings. The number of aliphatic hydroxyl groups is 9. The summed E-state index contributed by atoms with van der Waals surface area (Å²) in [4.78, 5) is 14.1. The number of hydrogen-bond acceptors (Lipinski definition) is 10. The van der Waals surface area contributed by atoms with Crippen LogP contribution in [-0.2, 0) is 0 Å². The number of nitrogens with one attached hydrogen (secondary N) is 1. The lowest BCUT2D eigenvalue weighted by molar-refractivity contribution is 0.0448. The summed E-state index contributed by atoms with van der Waals surface area (Å²) in [7, 11) is -5.34. The maximum Gasteiger partial charge on any atom is 0.318 e. The summed E-state index contributed by atoms with van der Waals surface area (Å²) < 4.78 is 0. The summed E-state index contributed by atoms with van der Waals surface area (Å²) in [6.45, 7) is -1.73. The highest BCUT2D eigenvalue weighted by Crippen LogP contribution is 2.15. The van der Waals surface area contributed by atoms with E-state index in [0.29, 0.717) is 24.9 Å². The van der Waals surface area contributed by atoms with Crippen molar-refractivity contribution in [3.05, 3.63) is 0 Å². The van der Waals surface area contributed by atoms with Gasteiger partial charge in [-0.15, -0.1) is 0 Å². The van der Waals surface area contributed by atoms with Gasteiger partial charge in [0, 0.05) is 50.5 Å². The van der Waals surface area contributed by atoms with Crippen molar-refractivity contribution in [2.45, 2.75) is 30.5 Å². The molecule has 0 aliphatic carbocycles. The number of carbonyl (C=O) groups excluding carboxylic acids is 1. The third-order valence-corrected chi connectivity index (χ3v) is 12.7. The number of urea groups is 1. The number of rotatable bonds is 18. The van der Waals surface area contributed by atoms with Crippen molar-refractivity contribution in [1.82, 2.24) is 10.2 Å². The van der Waals surface area contributed by atoms with Crippen LogP contribution in [0.25, 0.3) is 0 Å². The smallest absolute Gasteiger partial charge is 0.318 e. The molecule has 10 N–H and O–H groups in total. The Bertz CT molecular complexity index is 441. The first-order valence-corrected chi connectivity index (χ1v) is 16.0. The molecule has 0 rings (SSSR count). The van der Waals surface area contributed by atoms with Gasteiger partial charge in [-0.3, -0.25) is 0 Å². The molecule has 0 spiro atoms. The van der Waals surface area contributed by atoms with Gasteiger partial charge in [-0.25, -0.2) is 4.79 Å². The standard InChI is InChI=1S/C17H40N2O10Si2/c20-7-17(8-21,9-22)18-16(29)19(3-1-5-30(10-23,11-24)12-25)4-2-6-31(13-26,14-27)15-28/h20-28H,1-15H2,(H,18,29). The zero-order chi connectivity index (χ0) is 24.0. The average Bonchev–Trinajstić information content (AvgIpc) is 2.82. The van der Waals surface area contributed by atoms with Crippen LogP contribution in [0.2, 0.25) is 12.1 Å². The molecule has 31 heavy (non-hydrogen) atoms. The molecular formula is C17H40N2O10Si2. The van der Waals surface area contributed by atoms with Crippen molar-refractivity contribution < 1.29 is 50.8 Å². The molecule has 14 heteroatoms. The molecule has 12 nitrogen and oxygen atoms in total. The van der Waals surface area contributed by atoms with E-state index in [4.69, 9.17) is 0 Å². The van der Waals surface area contributed by atoms with E-state index in [1.165, 1.54) is 4.90 Å². The molecule has 0 unspecified atom stereocenters. The monoisotopic (exact) mass is 488 g/mol. The van der Waals surface area contributed by atoms with Crippen LogP contribution in [0.1, 0.15) is 12.8 Å². The van der Waals surface area contributed by atoms with Crippen LogP contribution in [0.3, 0.4) is 0 Å². The minimum Gasteiger partial charge on any atom is -0.399 e. The highest BCUT2D eigenvalue weighted by atomic mass is 28.3. The maximum atomic E-state index is 12.8. The highest BCUT2D eigenvalue weighted by molar-refractivity contribution is 6.79. The van der Waals surface area contributed by atoms with Gasteiger partial charge in [-0.05, 0) is 24.9 Å². The maximum absolute atomic E-state index is 12.8. The van der Waals surface area contributed by atoms with E-state index in [0.717, 1.165) is 0 Å². The number of carbonyl (C=O) groups is 1. The molecule has 0 aromatic carbocycles. The quantitative estimate of drug-likeness (QED) is 0.0835. The topological polar surface area (TPSA) is 214 Å². The van der Waals surface area contributed by atoms with E-state index >= 15 is 0 Å². The third kappa shape index (κ3) is 9.01. The van der Waals surface area contributed by atoms with Crippen LogP contribution in [0, 0.1) is 0 Å². The summed E-state index contributed by atoms with van der Waals surface area (Å²) in [6.07, 6.45) is -1.06. The van der Waals surface area contributed by atoms with Crippen LogP contribution >= 0.6 is 0 Å². The van der Waals surface area contributed by atoms with E-state index < -0.39 is 47.5 Å². The predicted molar refractivity (Wildman–Crippen MR) is 117 cm³/mol. The SMILES string of the molecule is O=C(NC(CO)(CO)CO)N(CCC[Si](CO)(CO)CO)CCC[Si](CO)(CO)CO. The molecule has 0 bridgehead atoms. The normalized spacial score (nSPS) is 12.8. The molecule has 186 valence electrons. The van der Waals surface area contributed by atoms with Crippen LogP contribution in [0.15, 0.2) is 0 Å². The van der Waals surface area contributed by atoms with Crippen molar-refractivity contribution >= 4 is 22.2 Å². The lowest BCUT2D eigenvalue weighted by Crippen LogP contribution is -2.60. The molecule has 0 aliphatic heterocycles. The van der Waals surface area contributed by atoms with Crippen molar-refractivity contribution in [2.75, 3.05) is 70.3 Å². The Hall–Kier alpha value is -0.656. The lowest BCUT2D eigenvalue weighted by atomic mass is 10.0. The zero-order valence-electron chi connectivity index (χ0n) is 18.0. The van der Waals surface area contributed by atoms with Gasteiger partial charge in [0.15, 0.2) is 0 Å². The first-order valence-electron chi connectivity index (χ1n) is 10.3. The van der Waals surface area contributed by atoms with Gasteiger partial charge in [0.2, 0.25) is 0 Å². The van der Waals surface area contributed by atoms with Crippen LogP contribution in [0.4, 0.5) is 4.79 Å². The molecule has 0 aliphatic rings. The van der Waals surface area contributed by atoms with Crippen LogP contribution < -0.4 is 5.32 Å². The summed E-state index contributed by atoms with van der Waals surface area (Å²) >= 11 is 0. The van der Waals surface area contributed by atoms with Crippen LogP contribution in [0.5, 0.6) is 0 Å². The number of amides is 2. The first kappa shape index (κ1) is 30.3. The Morgan fingerprint density at radius 3 is 1.23 bits per heavy atom. The summed E-state index contributed by atoms with van der Waals surface area (Å²) in [5.74, 6) is 0. The number of aliphatic hydroxyl groups excluding tert-OH is 9. The van der Waals surface area contributed by atoms with E-state index in [1.807, 2.05) is 0 Å². The molecule has 0 fully saturated rings. The van der Waals surface area contributed by atoms with Gasteiger partial charge >= 0.3 is 6.03 Å². The Labute approximate surface area is 184 Å². The van der Waals surface area contributed by atoms with Crippen LogP contribution in [-0.4, -0.2) is 149 Å². The fraction of sp³-hybridized carbons (Fsp3) is 0.941. The largest absolute Gasteiger partial charge is 0.399 e. The second kappa shape index (κ2) is 15.2. The Morgan fingerprint density at radius 1 is 0.645 bits per heavy atom. The molecule has 0 radical (unpaired) electrons. The van der Waals surface area contributed by atoms with Crippen molar-refractivity contribution in [2.24, 2.45) is 0 Å². The Balaban J connectivity index is 5.26. The van der Waals surface area contributed by atoms with Gasteiger partial charge < -0.3 is 56.2 Å². The Kier molecular flexibility index (Phi) is 14.9. The molecular weight excluding hydrogens is 448 g/mol. The number of hydrogen-bond donors (Lipinski definition) is 10. The van der Waals surface area contributed by atoms with E-state index in [2.05, 4.69) is 5.32 Å². The molecule has 0 saturated heterocycles. The fourth-order valence-electron chi connectivity index (χ4n) is 2.95. The van der Waals surface area contributed by atoms with Gasteiger partial charge in [0.05, 0.1) is 19.8 Å². The molecule has 2 amide bonds. The van der Waals surface area contributed by atoms with E-state index in [9.17, 15) is 50.8 Å². The van der Waals surface area contributed by atoms with Gasteiger partial charge in [0.1, 0.15) is 21.7 Å². The van der Waals surface area contributed by atoms with Crippen molar-refractivity contribution in [3.8, 4) is 0 Å². The van der Waals surface area contributed by atoms with Gasteiger partial charge in [-0.1, -0.05) is 0 Å². The molecule has 0 atom stereocenters. The highest BCUT2D eigenvalue weighted by Gasteiger charge is 2.35. The number of nitrogens with zero attached hydrogens (tertiary/aromatic N) is 1. The van der Waals surface area contributed by atoms with E-state index in [1.54, 1.807) is 0 Å². The third-order valence-electron chi connectivity index (χ3n) is 5.85. The summed E-state index contributed by atoms with van der Waals surface area (Å²) in [6, 6.07) is 0.0490. The predicted octanol–water partition coefficient (Wildman–Crippen LogP) is -4.42. The summed E-state index contributed by atoms with van der Waals surface area (Å²) in [5.41, 5.74) is -1.62. The molecule has 0 saturated carbocycles. The van der Waals surface area contributed by atoms with Gasteiger partial charge in [-0.2, -0.15) is 0 Å². The van der Waals surface area contributed by atoms with Crippen molar-refractivity contribution in [1.29, 1.82) is 0 Å². The molecule has 0 heterocycles. The first-order chi connectivity index (χ1) is 14.7.